The van der Waals surface area contributed by atoms with Gasteiger partial charge in [0.25, 0.3) is 0 Å². The highest BCUT2D eigenvalue weighted by Crippen LogP contribution is 2.21. The van der Waals surface area contributed by atoms with Gasteiger partial charge in [0.15, 0.2) is 0 Å². The Morgan fingerprint density at radius 1 is 1.22 bits per heavy atom. The van der Waals surface area contributed by atoms with E-state index in [0.29, 0.717) is 23.9 Å². The van der Waals surface area contributed by atoms with Crippen LogP contribution in [0.5, 0.6) is 0 Å². The van der Waals surface area contributed by atoms with Gasteiger partial charge in [0.1, 0.15) is 0 Å². The molecule has 0 amide bonds. The highest BCUT2D eigenvalue weighted by atomic mass is 32.2. The van der Waals surface area contributed by atoms with Crippen molar-refractivity contribution in [3.63, 3.8) is 0 Å². The summed E-state index contributed by atoms with van der Waals surface area (Å²) in [6, 6.07) is 7.15. The summed E-state index contributed by atoms with van der Waals surface area (Å²) in [4.78, 5) is 0. The first-order valence-corrected chi connectivity index (χ1v) is 9.33. The van der Waals surface area contributed by atoms with Crippen molar-refractivity contribution in [2.24, 2.45) is 0 Å². The topological polar surface area (TPSA) is 97.1 Å². The molecule has 0 bridgehead atoms. The second kappa shape index (κ2) is 7.10. The molecular weight excluding hydrogens is 316 g/mol. The van der Waals surface area contributed by atoms with Gasteiger partial charge in [-0.25, -0.2) is 8.42 Å². The zero-order valence-corrected chi connectivity index (χ0v) is 14.5. The van der Waals surface area contributed by atoms with Crippen molar-refractivity contribution < 1.29 is 12.8 Å². The Kier molecular flexibility index (Phi) is 5.38. The van der Waals surface area contributed by atoms with E-state index >= 15 is 0 Å². The van der Waals surface area contributed by atoms with Crippen molar-refractivity contribution in [3.8, 4) is 0 Å². The lowest BCUT2D eigenvalue weighted by Crippen LogP contribution is -2.23. The number of sulfonamides is 1. The van der Waals surface area contributed by atoms with Crippen molar-refractivity contribution in [3.05, 3.63) is 41.6 Å². The molecule has 0 aliphatic carbocycles. The van der Waals surface area contributed by atoms with E-state index in [4.69, 9.17) is 4.42 Å². The molecule has 8 heteroatoms. The van der Waals surface area contributed by atoms with Crippen LogP contribution in [0, 0.1) is 0 Å². The van der Waals surface area contributed by atoms with Gasteiger partial charge in [-0.15, -0.1) is 10.2 Å². The van der Waals surface area contributed by atoms with Crippen LogP contribution in [0.15, 0.2) is 28.7 Å². The van der Waals surface area contributed by atoms with E-state index in [-0.39, 0.29) is 12.1 Å². The molecule has 2 aromatic rings. The largest absolute Gasteiger partial charge is 0.424 e. The maximum absolute atomic E-state index is 11.3. The van der Waals surface area contributed by atoms with Gasteiger partial charge in [-0.2, -0.15) is 0 Å². The molecule has 2 N–H and O–H groups in total. The molecule has 0 aliphatic rings. The van der Waals surface area contributed by atoms with Crippen LogP contribution in [0.25, 0.3) is 0 Å². The molecule has 0 aliphatic heterocycles. The minimum absolute atomic E-state index is 0.0108. The molecular formula is C15H22N4O3S. The van der Waals surface area contributed by atoms with Crippen LogP contribution in [0.3, 0.4) is 0 Å². The molecule has 126 valence electrons. The van der Waals surface area contributed by atoms with Crippen LogP contribution in [-0.4, -0.2) is 24.9 Å². The van der Waals surface area contributed by atoms with E-state index in [1.54, 1.807) is 12.1 Å². The van der Waals surface area contributed by atoms with Gasteiger partial charge in [-0.1, -0.05) is 19.1 Å². The van der Waals surface area contributed by atoms with Crippen LogP contribution in [-0.2, 0) is 16.4 Å². The Hall–Kier alpha value is -1.93. The van der Waals surface area contributed by atoms with Crippen LogP contribution in [0.2, 0.25) is 0 Å². The molecule has 0 unspecified atom stereocenters. The van der Waals surface area contributed by atoms with Crippen molar-refractivity contribution in [1.82, 2.24) is 15.5 Å². The molecule has 1 aromatic carbocycles. The Balaban J connectivity index is 2.07. The maximum Gasteiger partial charge on any atom is 0.233 e. The van der Waals surface area contributed by atoms with E-state index < -0.39 is 10.0 Å². The van der Waals surface area contributed by atoms with Crippen LogP contribution >= 0.6 is 0 Å². The Morgan fingerprint density at radius 2 is 1.96 bits per heavy atom. The lowest BCUT2D eigenvalue weighted by atomic mass is 10.1. The van der Waals surface area contributed by atoms with Crippen molar-refractivity contribution in [1.29, 1.82) is 0 Å². The fourth-order valence-corrected chi connectivity index (χ4v) is 2.77. The summed E-state index contributed by atoms with van der Waals surface area (Å²) < 4.78 is 30.7. The van der Waals surface area contributed by atoms with Crippen LogP contribution in [0.1, 0.15) is 50.2 Å². The molecule has 7 nitrogen and oxygen atoms in total. The predicted octanol–water partition coefficient (Wildman–Crippen LogP) is 2.42. The summed E-state index contributed by atoms with van der Waals surface area (Å²) in [7, 11) is -3.29. The minimum Gasteiger partial charge on any atom is -0.424 e. The monoisotopic (exact) mass is 338 g/mol. The molecule has 1 heterocycles. The molecule has 0 saturated carbocycles. The average molecular weight is 338 g/mol. The normalized spacial score (nSPS) is 14.4. The number of aromatic nitrogens is 2. The van der Waals surface area contributed by atoms with E-state index in [1.165, 1.54) is 0 Å². The van der Waals surface area contributed by atoms with Gasteiger partial charge in [0, 0.05) is 18.2 Å². The number of hydrogen-bond acceptors (Lipinski definition) is 6. The molecule has 2 atom stereocenters. The second-order valence-electron chi connectivity index (χ2n) is 5.50. The third-order valence-corrected chi connectivity index (χ3v) is 3.95. The summed E-state index contributed by atoms with van der Waals surface area (Å²) in [5.74, 6) is 1.15. The third kappa shape index (κ3) is 5.04. The Labute approximate surface area is 136 Å². The first-order valence-electron chi connectivity index (χ1n) is 7.44. The molecule has 0 fully saturated rings. The summed E-state index contributed by atoms with van der Waals surface area (Å²) in [5.41, 5.74) is 1.50. The summed E-state index contributed by atoms with van der Waals surface area (Å²) >= 11 is 0. The van der Waals surface area contributed by atoms with Gasteiger partial charge in [-0.05, 0) is 31.5 Å². The molecule has 23 heavy (non-hydrogen) atoms. The fraction of sp³-hybridized carbons (Fsp3) is 0.467. The van der Waals surface area contributed by atoms with Gasteiger partial charge in [-0.3, -0.25) is 10.0 Å². The summed E-state index contributed by atoms with van der Waals surface area (Å²) in [5, 5.41) is 11.4. The van der Waals surface area contributed by atoms with E-state index in [1.807, 2.05) is 32.9 Å². The van der Waals surface area contributed by atoms with Gasteiger partial charge in [0.2, 0.25) is 21.8 Å². The molecule has 0 saturated heterocycles. The number of hydrogen-bond donors (Lipinski definition) is 2. The smallest absolute Gasteiger partial charge is 0.233 e. The highest BCUT2D eigenvalue weighted by molar-refractivity contribution is 7.92. The zero-order valence-electron chi connectivity index (χ0n) is 13.7. The Bertz CT molecular complexity index is 758. The Morgan fingerprint density at radius 3 is 2.57 bits per heavy atom. The predicted molar refractivity (Wildman–Crippen MR) is 88.6 cm³/mol. The highest BCUT2D eigenvalue weighted by Gasteiger charge is 2.17. The van der Waals surface area contributed by atoms with Crippen LogP contribution < -0.4 is 10.0 Å². The number of aryl methyl sites for hydroxylation is 1. The zero-order chi connectivity index (χ0) is 17.0. The quantitative estimate of drug-likeness (QED) is 0.804. The number of nitrogens with one attached hydrogen (secondary N) is 2. The molecule has 0 spiro atoms. The molecule has 1 aromatic heterocycles. The lowest BCUT2D eigenvalue weighted by molar-refractivity contribution is 0.374. The number of benzene rings is 1. The second-order valence-corrected chi connectivity index (χ2v) is 7.25. The van der Waals surface area contributed by atoms with E-state index in [9.17, 15) is 8.42 Å². The van der Waals surface area contributed by atoms with Crippen molar-refractivity contribution >= 4 is 15.7 Å². The van der Waals surface area contributed by atoms with Crippen molar-refractivity contribution in [2.75, 3.05) is 11.0 Å². The third-order valence-electron chi connectivity index (χ3n) is 3.35. The summed E-state index contributed by atoms with van der Waals surface area (Å²) in [6.07, 6.45) is 1.83. The van der Waals surface area contributed by atoms with Gasteiger partial charge in [0.05, 0.1) is 12.3 Å². The first-order chi connectivity index (χ1) is 10.8. The maximum atomic E-state index is 11.3. The average Bonchev–Trinajstić information content (AvgIpc) is 2.94. The standard InChI is InChI=1S/C15H22N4O3S/c1-5-14-17-18-15(22-14)11(3)16-10(2)12-7-6-8-13(9-12)19-23(4,20)21/h6-11,16,19H,5H2,1-4H3/t10-,11-/m1/s1. The minimum atomic E-state index is -3.29. The number of nitrogens with zero attached hydrogens (tertiary/aromatic N) is 2. The SMILES string of the molecule is CCc1nnc([C@@H](C)N[C@H](C)c2cccc(NS(C)(=O)=O)c2)o1. The lowest BCUT2D eigenvalue weighted by Gasteiger charge is -2.18. The van der Waals surface area contributed by atoms with E-state index in [0.717, 1.165) is 11.8 Å². The number of rotatable bonds is 7. The first kappa shape index (κ1) is 17.4. The van der Waals surface area contributed by atoms with Gasteiger partial charge < -0.3 is 4.42 Å². The number of anilines is 1. The van der Waals surface area contributed by atoms with Crippen LogP contribution in [0.4, 0.5) is 5.69 Å². The van der Waals surface area contributed by atoms with E-state index in [2.05, 4.69) is 20.2 Å². The molecule has 2 rings (SSSR count). The van der Waals surface area contributed by atoms with Gasteiger partial charge >= 0.3 is 0 Å². The van der Waals surface area contributed by atoms with Crippen molar-refractivity contribution in [2.45, 2.75) is 39.3 Å². The fourth-order valence-electron chi connectivity index (χ4n) is 2.21. The molecule has 0 radical (unpaired) electrons. The summed E-state index contributed by atoms with van der Waals surface area (Å²) in [6.45, 7) is 5.90.